The largest absolute Gasteiger partial charge is 0.433 e. The second kappa shape index (κ2) is 10.2. The highest BCUT2D eigenvalue weighted by molar-refractivity contribution is 6.35. The number of hydrogen-bond donors (Lipinski definition) is 1. The molecule has 0 saturated heterocycles. The van der Waals surface area contributed by atoms with Gasteiger partial charge in [-0.2, -0.15) is 23.4 Å². The Morgan fingerprint density at radius 1 is 0.927 bits per heavy atom. The molecule has 0 atom stereocenters. The Balaban J connectivity index is 1.31. The van der Waals surface area contributed by atoms with Gasteiger partial charge in [0.2, 0.25) is 0 Å². The summed E-state index contributed by atoms with van der Waals surface area (Å²) in [4.78, 5) is 17.4. The van der Waals surface area contributed by atoms with E-state index in [9.17, 15) is 18.0 Å². The number of aromatic nitrogens is 5. The second-order valence-corrected chi connectivity index (χ2v) is 10.2. The highest BCUT2D eigenvalue weighted by Gasteiger charge is 2.35. The summed E-state index contributed by atoms with van der Waals surface area (Å²) in [5, 5.41) is 13.7. The van der Waals surface area contributed by atoms with Gasteiger partial charge in [-0.1, -0.05) is 65.7 Å². The maximum atomic E-state index is 14.1. The first-order chi connectivity index (χ1) is 19.5. The van der Waals surface area contributed by atoms with Crippen LogP contribution >= 0.6 is 23.2 Å². The number of carbonyl (C=O) groups excluding carboxylic acids is 1. The third kappa shape index (κ3) is 5.36. The monoisotopic (exact) mass is 594 g/mol. The van der Waals surface area contributed by atoms with E-state index in [1.54, 1.807) is 48.0 Å². The Morgan fingerprint density at radius 2 is 1.71 bits per heavy atom. The van der Waals surface area contributed by atoms with Gasteiger partial charge in [-0.05, 0) is 47.5 Å². The van der Waals surface area contributed by atoms with Gasteiger partial charge in [-0.3, -0.25) is 9.48 Å². The van der Waals surface area contributed by atoms with E-state index in [2.05, 4.69) is 20.5 Å². The average molecular weight is 595 g/mol. The Hall–Kier alpha value is -4.41. The van der Waals surface area contributed by atoms with Crippen LogP contribution in [0.5, 0.6) is 0 Å². The van der Waals surface area contributed by atoms with Gasteiger partial charge in [0.1, 0.15) is 0 Å². The van der Waals surface area contributed by atoms with Gasteiger partial charge >= 0.3 is 6.18 Å². The normalized spacial score (nSPS) is 11.9. The lowest BCUT2D eigenvalue weighted by Crippen LogP contribution is -2.16. The minimum atomic E-state index is -4.74. The third-order valence-electron chi connectivity index (χ3n) is 6.55. The van der Waals surface area contributed by atoms with Gasteiger partial charge in [0.25, 0.3) is 5.91 Å². The van der Waals surface area contributed by atoms with Crippen molar-refractivity contribution >= 4 is 51.3 Å². The van der Waals surface area contributed by atoms with Crippen molar-refractivity contribution in [1.29, 1.82) is 0 Å². The lowest BCUT2D eigenvalue weighted by molar-refractivity contribution is -0.142. The summed E-state index contributed by atoms with van der Waals surface area (Å²) in [5.74, 6) is -0.527. The molecule has 206 valence electrons. The van der Waals surface area contributed by atoms with Crippen LogP contribution in [0.3, 0.4) is 0 Å². The van der Waals surface area contributed by atoms with Crippen LogP contribution in [0.15, 0.2) is 78.9 Å². The summed E-state index contributed by atoms with van der Waals surface area (Å²) in [6, 6.07) is 21.7. The number of benzene rings is 3. The van der Waals surface area contributed by atoms with E-state index in [0.29, 0.717) is 26.7 Å². The first-order valence-electron chi connectivity index (χ1n) is 12.3. The quantitative estimate of drug-likeness (QED) is 0.222. The number of fused-ring (bicyclic) bond motifs is 2. The van der Waals surface area contributed by atoms with Crippen molar-refractivity contribution < 1.29 is 18.0 Å². The molecule has 7 nitrogen and oxygen atoms in total. The number of halogens is 5. The fraction of sp³-hybridized carbons (Fsp3) is 0.103. The summed E-state index contributed by atoms with van der Waals surface area (Å²) in [5.41, 5.74) is 0.697. The van der Waals surface area contributed by atoms with Crippen LogP contribution in [0.2, 0.25) is 10.0 Å². The SMILES string of the molecule is Cc1cc(NC(=O)c2cc3nc(-c4ccc5ccccc5c4)cc(C(F)(F)F)n3n2)nn1Cc1ccc(Cl)cc1Cl. The number of carbonyl (C=O) groups is 1. The molecule has 41 heavy (non-hydrogen) atoms. The highest BCUT2D eigenvalue weighted by Crippen LogP contribution is 2.33. The summed E-state index contributed by atoms with van der Waals surface area (Å²) in [6.45, 7) is 2.12. The maximum Gasteiger partial charge on any atom is 0.433 e. The topological polar surface area (TPSA) is 77.1 Å². The Kier molecular flexibility index (Phi) is 6.67. The first kappa shape index (κ1) is 26.8. The molecule has 1 N–H and O–H groups in total. The van der Waals surface area contributed by atoms with E-state index in [-0.39, 0.29) is 22.9 Å². The fourth-order valence-electron chi connectivity index (χ4n) is 4.51. The predicted octanol–water partition coefficient (Wildman–Crippen LogP) is 7.68. The average Bonchev–Trinajstić information content (AvgIpc) is 3.51. The van der Waals surface area contributed by atoms with Gasteiger partial charge < -0.3 is 5.32 Å². The summed E-state index contributed by atoms with van der Waals surface area (Å²) in [7, 11) is 0. The zero-order chi connectivity index (χ0) is 28.9. The van der Waals surface area contributed by atoms with Gasteiger partial charge in [0.05, 0.1) is 12.2 Å². The molecule has 0 saturated carbocycles. The van der Waals surface area contributed by atoms with Crippen LogP contribution in [0.25, 0.3) is 27.7 Å². The maximum absolute atomic E-state index is 14.1. The van der Waals surface area contributed by atoms with E-state index in [0.717, 1.165) is 28.1 Å². The molecule has 12 heteroatoms. The van der Waals surface area contributed by atoms with Gasteiger partial charge in [-0.25, -0.2) is 9.50 Å². The van der Waals surface area contributed by atoms with E-state index in [4.69, 9.17) is 23.2 Å². The molecule has 0 bridgehead atoms. The van der Waals surface area contributed by atoms with Crippen molar-refractivity contribution in [2.75, 3.05) is 5.32 Å². The Bertz CT molecular complexity index is 1960. The molecule has 6 aromatic rings. The third-order valence-corrected chi connectivity index (χ3v) is 7.14. The van der Waals surface area contributed by atoms with Crippen molar-refractivity contribution in [2.24, 2.45) is 0 Å². The molecule has 0 aliphatic carbocycles. The molecule has 0 aliphatic heterocycles. The minimum absolute atomic E-state index is 0.109. The summed E-state index contributed by atoms with van der Waals surface area (Å²) >= 11 is 12.2. The van der Waals surface area contributed by atoms with Crippen LogP contribution in [-0.2, 0) is 12.7 Å². The Labute approximate surface area is 241 Å². The number of hydrogen-bond acceptors (Lipinski definition) is 4. The zero-order valence-electron chi connectivity index (χ0n) is 21.2. The molecule has 0 radical (unpaired) electrons. The molecule has 3 heterocycles. The number of alkyl halides is 3. The van der Waals surface area contributed by atoms with Crippen molar-refractivity contribution in [3.05, 3.63) is 112 Å². The van der Waals surface area contributed by atoms with Crippen LogP contribution < -0.4 is 5.32 Å². The molecule has 3 aromatic heterocycles. The van der Waals surface area contributed by atoms with E-state index in [1.165, 1.54) is 6.07 Å². The molecule has 1 amide bonds. The molecule has 6 rings (SSSR count). The fourth-order valence-corrected chi connectivity index (χ4v) is 4.98. The van der Waals surface area contributed by atoms with Gasteiger partial charge in [-0.15, -0.1) is 0 Å². The molecule has 0 aliphatic rings. The molecular weight excluding hydrogens is 576 g/mol. The van der Waals surface area contributed by atoms with Crippen LogP contribution in [0.4, 0.5) is 19.0 Å². The molecule has 0 fully saturated rings. The Morgan fingerprint density at radius 3 is 2.46 bits per heavy atom. The van der Waals surface area contributed by atoms with Gasteiger partial charge in [0, 0.05) is 33.4 Å². The van der Waals surface area contributed by atoms with Crippen LogP contribution in [0.1, 0.15) is 27.4 Å². The van der Waals surface area contributed by atoms with Crippen molar-refractivity contribution in [2.45, 2.75) is 19.6 Å². The minimum Gasteiger partial charge on any atom is -0.304 e. The van der Waals surface area contributed by atoms with Gasteiger partial charge in [0.15, 0.2) is 22.9 Å². The number of nitrogens with one attached hydrogen (secondary N) is 1. The summed E-state index contributed by atoms with van der Waals surface area (Å²) < 4.78 is 44.5. The zero-order valence-corrected chi connectivity index (χ0v) is 22.8. The predicted molar refractivity (Wildman–Crippen MR) is 151 cm³/mol. The number of anilines is 1. The second-order valence-electron chi connectivity index (χ2n) is 9.40. The lowest BCUT2D eigenvalue weighted by atomic mass is 10.0. The highest BCUT2D eigenvalue weighted by atomic mass is 35.5. The number of rotatable bonds is 5. The standard InChI is InChI=1S/C29H19Cl2F3N6O/c1-16-10-26(38-39(16)15-20-8-9-21(30)12-22(20)31)36-28(41)24-14-27-35-23(13-25(29(32,33)34)40(27)37-24)19-7-6-17-4-2-3-5-18(17)11-19/h2-14H,15H2,1H3,(H,36,38,41). The van der Waals surface area contributed by atoms with Crippen molar-refractivity contribution in [3.8, 4) is 11.3 Å². The molecule has 0 spiro atoms. The van der Waals surface area contributed by atoms with E-state index in [1.807, 2.05) is 30.3 Å². The van der Waals surface area contributed by atoms with Crippen LogP contribution in [-0.4, -0.2) is 30.3 Å². The van der Waals surface area contributed by atoms with Crippen LogP contribution in [0, 0.1) is 6.92 Å². The lowest BCUT2D eigenvalue weighted by Gasteiger charge is -2.11. The van der Waals surface area contributed by atoms with E-state index < -0.39 is 17.8 Å². The number of amides is 1. The van der Waals surface area contributed by atoms with Crippen molar-refractivity contribution in [3.63, 3.8) is 0 Å². The molecule has 0 unspecified atom stereocenters. The smallest absolute Gasteiger partial charge is 0.304 e. The number of nitrogens with zero attached hydrogens (tertiary/aromatic N) is 5. The van der Waals surface area contributed by atoms with Crippen molar-refractivity contribution in [1.82, 2.24) is 24.4 Å². The molecule has 3 aromatic carbocycles. The molecular formula is C29H19Cl2F3N6O. The summed E-state index contributed by atoms with van der Waals surface area (Å²) in [6.07, 6.45) is -4.74. The number of aryl methyl sites for hydroxylation is 1. The van der Waals surface area contributed by atoms with E-state index >= 15 is 0 Å². The first-order valence-corrected chi connectivity index (χ1v) is 13.1.